The number of carbonyl (C=O) groups is 2. The molecule has 0 radical (unpaired) electrons. The Labute approximate surface area is 119 Å². The molecule has 0 spiro atoms. The Morgan fingerprint density at radius 3 is 2.65 bits per heavy atom. The van der Waals surface area contributed by atoms with Crippen molar-refractivity contribution in [3.63, 3.8) is 0 Å². The van der Waals surface area contributed by atoms with Gasteiger partial charge >= 0.3 is 0 Å². The van der Waals surface area contributed by atoms with Crippen molar-refractivity contribution in [3.05, 3.63) is 30.1 Å². The number of pyridine rings is 1. The number of hydrogen-bond acceptors (Lipinski definition) is 4. The van der Waals surface area contributed by atoms with Crippen LogP contribution in [0.25, 0.3) is 0 Å². The lowest BCUT2D eigenvalue weighted by Crippen LogP contribution is -2.52. The van der Waals surface area contributed by atoms with Crippen LogP contribution in [0.15, 0.2) is 24.5 Å². The van der Waals surface area contributed by atoms with E-state index in [4.69, 9.17) is 5.73 Å². The topological polar surface area (TPSA) is 97.1 Å². The van der Waals surface area contributed by atoms with Gasteiger partial charge in [-0.15, -0.1) is 0 Å². The van der Waals surface area contributed by atoms with Crippen LogP contribution < -0.4 is 16.4 Å². The molecule has 1 rings (SSSR count). The highest BCUT2D eigenvalue weighted by molar-refractivity contribution is 5.93. The molecule has 2 amide bonds. The predicted molar refractivity (Wildman–Crippen MR) is 77.1 cm³/mol. The molecule has 6 heteroatoms. The van der Waals surface area contributed by atoms with Gasteiger partial charge in [-0.2, -0.15) is 0 Å². The first-order chi connectivity index (χ1) is 9.47. The molecule has 1 unspecified atom stereocenters. The Kier molecular flexibility index (Phi) is 6.11. The van der Waals surface area contributed by atoms with Gasteiger partial charge in [0.05, 0.1) is 11.1 Å². The van der Waals surface area contributed by atoms with Gasteiger partial charge in [-0.1, -0.05) is 13.3 Å². The highest BCUT2D eigenvalue weighted by Gasteiger charge is 2.26. The minimum Gasteiger partial charge on any atom is -0.353 e. The number of nitrogens with zero attached hydrogens (tertiary/aromatic N) is 1. The largest absolute Gasteiger partial charge is 0.353 e. The second-order valence-electron chi connectivity index (χ2n) is 4.92. The van der Waals surface area contributed by atoms with E-state index in [-0.39, 0.29) is 11.8 Å². The first-order valence-corrected chi connectivity index (χ1v) is 6.73. The zero-order valence-corrected chi connectivity index (χ0v) is 12.0. The van der Waals surface area contributed by atoms with E-state index in [2.05, 4.69) is 15.6 Å². The van der Waals surface area contributed by atoms with Crippen LogP contribution in [0.2, 0.25) is 0 Å². The van der Waals surface area contributed by atoms with E-state index in [1.54, 1.807) is 25.3 Å². The van der Waals surface area contributed by atoms with E-state index < -0.39 is 5.54 Å². The van der Waals surface area contributed by atoms with Crippen LogP contribution in [0.1, 0.15) is 37.0 Å². The van der Waals surface area contributed by atoms with E-state index in [1.165, 1.54) is 6.20 Å². The average Bonchev–Trinajstić information content (AvgIpc) is 2.44. The van der Waals surface area contributed by atoms with Gasteiger partial charge in [0.1, 0.15) is 0 Å². The van der Waals surface area contributed by atoms with Gasteiger partial charge in [0.25, 0.3) is 5.91 Å². The molecule has 6 nitrogen and oxygen atoms in total. The molecule has 0 aliphatic carbocycles. The van der Waals surface area contributed by atoms with Gasteiger partial charge in [-0.05, 0) is 25.5 Å². The lowest BCUT2D eigenvalue weighted by Gasteiger charge is -2.22. The highest BCUT2D eigenvalue weighted by Crippen LogP contribution is 2.07. The summed E-state index contributed by atoms with van der Waals surface area (Å²) in [4.78, 5) is 27.4. The van der Waals surface area contributed by atoms with E-state index in [0.717, 1.165) is 6.42 Å². The molecule has 1 aromatic heterocycles. The second-order valence-corrected chi connectivity index (χ2v) is 4.92. The van der Waals surface area contributed by atoms with Crippen LogP contribution in [0.3, 0.4) is 0 Å². The summed E-state index contributed by atoms with van der Waals surface area (Å²) in [6.07, 6.45) is 4.57. The molecule has 1 heterocycles. The Morgan fingerprint density at radius 2 is 2.05 bits per heavy atom. The van der Waals surface area contributed by atoms with E-state index in [9.17, 15) is 9.59 Å². The lowest BCUT2D eigenvalue weighted by atomic mass is 9.97. The Morgan fingerprint density at radius 1 is 1.35 bits per heavy atom. The molecular weight excluding hydrogens is 256 g/mol. The minimum atomic E-state index is -0.859. The van der Waals surface area contributed by atoms with E-state index in [0.29, 0.717) is 25.1 Å². The Balaban J connectivity index is 2.29. The summed E-state index contributed by atoms with van der Waals surface area (Å²) in [5.74, 6) is -0.411. The summed E-state index contributed by atoms with van der Waals surface area (Å²) in [5, 5.41) is 5.42. The summed E-state index contributed by atoms with van der Waals surface area (Å²) in [5.41, 5.74) is 5.53. The third-order valence-corrected chi connectivity index (χ3v) is 2.91. The van der Waals surface area contributed by atoms with Crippen molar-refractivity contribution >= 4 is 11.8 Å². The number of amides is 2. The summed E-state index contributed by atoms with van der Waals surface area (Å²) in [6, 6.07) is 3.38. The number of rotatable bonds is 7. The molecule has 1 atom stereocenters. The van der Waals surface area contributed by atoms with Crippen LogP contribution in [0.4, 0.5) is 0 Å². The van der Waals surface area contributed by atoms with Crippen molar-refractivity contribution in [2.75, 3.05) is 13.1 Å². The molecule has 0 aromatic carbocycles. The smallest absolute Gasteiger partial charge is 0.252 e. The number of nitrogens with one attached hydrogen (secondary N) is 2. The molecule has 0 aliphatic heterocycles. The molecular formula is C14H22N4O2. The molecule has 0 saturated carbocycles. The maximum absolute atomic E-state index is 11.8. The average molecular weight is 278 g/mol. The predicted octanol–water partition coefficient (Wildman–Crippen LogP) is 0.445. The fourth-order valence-electron chi connectivity index (χ4n) is 1.79. The third kappa shape index (κ3) is 4.97. The fourth-order valence-corrected chi connectivity index (χ4v) is 1.79. The molecule has 0 aliphatic rings. The van der Waals surface area contributed by atoms with Crippen LogP contribution >= 0.6 is 0 Å². The van der Waals surface area contributed by atoms with Crippen molar-refractivity contribution in [2.24, 2.45) is 5.73 Å². The van der Waals surface area contributed by atoms with E-state index in [1.807, 2.05) is 6.92 Å². The van der Waals surface area contributed by atoms with Gasteiger partial charge in [0.2, 0.25) is 5.91 Å². The number of nitrogens with two attached hydrogens (primary N) is 1. The Bertz CT molecular complexity index is 446. The van der Waals surface area contributed by atoms with Crippen molar-refractivity contribution in [1.82, 2.24) is 15.6 Å². The van der Waals surface area contributed by atoms with Crippen molar-refractivity contribution in [2.45, 2.75) is 32.2 Å². The lowest BCUT2D eigenvalue weighted by molar-refractivity contribution is -0.126. The number of hydrogen-bond donors (Lipinski definition) is 3. The molecule has 0 fully saturated rings. The normalized spacial score (nSPS) is 13.3. The molecule has 20 heavy (non-hydrogen) atoms. The van der Waals surface area contributed by atoms with Crippen molar-refractivity contribution < 1.29 is 9.59 Å². The van der Waals surface area contributed by atoms with Gasteiger partial charge in [0, 0.05) is 25.5 Å². The number of carbonyl (C=O) groups excluding carboxylic acids is 2. The zero-order valence-electron chi connectivity index (χ0n) is 12.0. The van der Waals surface area contributed by atoms with Crippen LogP contribution in [0.5, 0.6) is 0 Å². The molecule has 110 valence electrons. The van der Waals surface area contributed by atoms with Gasteiger partial charge in [-0.3, -0.25) is 14.6 Å². The third-order valence-electron chi connectivity index (χ3n) is 2.91. The minimum absolute atomic E-state index is 0.199. The monoisotopic (exact) mass is 278 g/mol. The van der Waals surface area contributed by atoms with Crippen molar-refractivity contribution in [3.8, 4) is 0 Å². The van der Waals surface area contributed by atoms with Gasteiger partial charge in [-0.25, -0.2) is 0 Å². The maximum atomic E-state index is 11.8. The summed E-state index contributed by atoms with van der Waals surface area (Å²) in [7, 11) is 0. The molecule has 1 aromatic rings. The number of aromatic nitrogens is 1. The van der Waals surface area contributed by atoms with Gasteiger partial charge in [0.15, 0.2) is 0 Å². The first kappa shape index (κ1) is 16.1. The second kappa shape index (κ2) is 7.59. The van der Waals surface area contributed by atoms with Crippen LogP contribution in [-0.4, -0.2) is 35.4 Å². The SMILES string of the molecule is CCCC(C)(N)C(=O)NCCNC(=O)c1cccnc1. The van der Waals surface area contributed by atoms with Crippen molar-refractivity contribution in [1.29, 1.82) is 0 Å². The maximum Gasteiger partial charge on any atom is 0.252 e. The molecule has 4 N–H and O–H groups in total. The van der Waals surface area contributed by atoms with Gasteiger partial charge < -0.3 is 16.4 Å². The molecule has 0 bridgehead atoms. The zero-order chi connectivity index (χ0) is 15.0. The highest BCUT2D eigenvalue weighted by atomic mass is 16.2. The standard InChI is InChI=1S/C14H22N4O2/c1-3-6-14(2,15)13(20)18-9-8-17-12(19)11-5-4-7-16-10-11/h4-5,7,10H,3,6,8-9,15H2,1-2H3,(H,17,19)(H,18,20). The fraction of sp³-hybridized carbons (Fsp3) is 0.500. The quantitative estimate of drug-likeness (QED) is 0.631. The van der Waals surface area contributed by atoms with Crippen LogP contribution in [-0.2, 0) is 4.79 Å². The summed E-state index contributed by atoms with van der Waals surface area (Å²) >= 11 is 0. The van der Waals surface area contributed by atoms with E-state index >= 15 is 0 Å². The first-order valence-electron chi connectivity index (χ1n) is 6.73. The summed E-state index contributed by atoms with van der Waals surface area (Å²) < 4.78 is 0. The Hall–Kier alpha value is -1.95. The molecule has 0 saturated heterocycles. The van der Waals surface area contributed by atoms with Crippen LogP contribution in [0, 0.1) is 0 Å². The summed E-state index contributed by atoms with van der Waals surface area (Å²) in [6.45, 7) is 4.38.